The Balaban J connectivity index is 1.40. The first-order valence-corrected chi connectivity index (χ1v) is 8.19. The standard InChI is InChI=1S/C15H29N3O/c1-2-6-18(8-7-17-9-11-19-12-10-17)15(3-1)13-16-14-4-5-14/h14-16H,1-13H2. The van der Waals surface area contributed by atoms with Gasteiger partial charge in [0, 0.05) is 44.8 Å². The molecular formula is C15H29N3O. The van der Waals surface area contributed by atoms with Gasteiger partial charge in [-0.05, 0) is 32.2 Å². The summed E-state index contributed by atoms with van der Waals surface area (Å²) in [6, 6.07) is 1.64. The van der Waals surface area contributed by atoms with E-state index in [1.165, 1.54) is 58.3 Å². The molecule has 3 aliphatic rings. The third-order valence-corrected chi connectivity index (χ3v) is 4.78. The zero-order valence-corrected chi connectivity index (χ0v) is 12.1. The minimum Gasteiger partial charge on any atom is -0.379 e. The fourth-order valence-electron chi connectivity index (χ4n) is 3.27. The Labute approximate surface area is 117 Å². The maximum absolute atomic E-state index is 5.42. The van der Waals surface area contributed by atoms with Crippen LogP contribution in [0.4, 0.5) is 0 Å². The number of nitrogens with zero attached hydrogens (tertiary/aromatic N) is 2. The molecule has 0 radical (unpaired) electrons. The molecule has 0 aromatic heterocycles. The van der Waals surface area contributed by atoms with E-state index < -0.39 is 0 Å². The molecule has 4 heteroatoms. The molecule has 0 amide bonds. The predicted octanol–water partition coefficient (Wildman–Crippen LogP) is 0.925. The molecular weight excluding hydrogens is 238 g/mol. The number of hydrogen-bond acceptors (Lipinski definition) is 4. The molecule has 1 atom stereocenters. The van der Waals surface area contributed by atoms with Gasteiger partial charge < -0.3 is 10.1 Å². The average Bonchev–Trinajstić information content (AvgIpc) is 3.29. The van der Waals surface area contributed by atoms with Gasteiger partial charge in [-0.2, -0.15) is 0 Å². The number of likely N-dealkylation sites (tertiary alicyclic amines) is 1. The summed E-state index contributed by atoms with van der Waals surface area (Å²) in [7, 11) is 0. The Morgan fingerprint density at radius 2 is 1.79 bits per heavy atom. The average molecular weight is 267 g/mol. The molecule has 2 aliphatic heterocycles. The first kappa shape index (κ1) is 13.8. The number of piperidine rings is 1. The summed E-state index contributed by atoms with van der Waals surface area (Å²) in [5.41, 5.74) is 0. The van der Waals surface area contributed by atoms with E-state index in [1.807, 2.05) is 0 Å². The first-order valence-electron chi connectivity index (χ1n) is 8.19. The molecule has 3 rings (SSSR count). The van der Waals surface area contributed by atoms with Crippen LogP contribution in [0.2, 0.25) is 0 Å². The van der Waals surface area contributed by atoms with Gasteiger partial charge in [-0.25, -0.2) is 0 Å². The zero-order valence-electron chi connectivity index (χ0n) is 12.1. The highest BCUT2D eigenvalue weighted by atomic mass is 16.5. The van der Waals surface area contributed by atoms with Gasteiger partial charge in [0.05, 0.1) is 13.2 Å². The van der Waals surface area contributed by atoms with Crippen LogP contribution in [0.5, 0.6) is 0 Å². The van der Waals surface area contributed by atoms with Crippen LogP contribution in [0.3, 0.4) is 0 Å². The molecule has 4 nitrogen and oxygen atoms in total. The fourth-order valence-corrected chi connectivity index (χ4v) is 3.27. The van der Waals surface area contributed by atoms with E-state index in [9.17, 15) is 0 Å². The van der Waals surface area contributed by atoms with Crippen molar-refractivity contribution in [3.8, 4) is 0 Å². The maximum Gasteiger partial charge on any atom is 0.0594 e. The molecule has 1 saturated carbocycles. The van der Waals surface area contributed by atoms with E-state index in [0.29, 0.717) is 0 Å². The second-order valence-electron chi connectivity index (χ2n) is 6.32. The van der Waals surface area contributed by atoms with Crippen LogP contribution in [0.15, 0.2) is 0 Å². The molecule has 2 heterocycles. The summed E-state index contributed by atoms with van der Waals surface area (Å²) < 4.78 is 5.42. The molecule has 0 aromatic carbocycles. The van der Waals surface area contributed by atoms with Gasteiger partial charge in [0.2, 0.25) is 0 Å². The van der Waals surface area contributed by atoms with Crippen LogP contribution < -0.4 is 5.32 Å². The summed E-state index contributed by atoms with van der Waals surface area (Å²) >= 11 is 0. The molecule has 110 valence electrons. The summed E-state index contributed by atoms with van der Waals surface area (Å²) in [5, 5.41) is 3.72. The lowest BCUT2D eigenvalue weighted by molar-refractivity contribution is 0.0283. The van der Waals surface area contributed by atoms with Crippen molar-refractivity contribution in [1.82, 2.24) is 15.1 Å². The highest BCUT2D eigenvalue weighted by Crippen LogP contribution is 2.21. The number of hydrogen-bond donors (Lipinski definition) is 1. The van der Waals surface area contributed by atoms with Crippen LogP contribution in [0.25, 0.3) is 0 Å². The number of morpholine rings is 1. The maximum atomic E-state index is 5.42. The van der Waals surface area contributed by atoms with Gasteiger partial charge in [0.1, 0.15) is 0 Å². The molecule has 3 fully saturated rings. The van der Waals surface area contributed by atoms with Crippen molar-refractivity contribution in [2.45, 2.75) is 44.2 Å². The van der Waals surface area contributed by atoms with E-state index in [0.717, 1.165) is 38.4 Å². The van der Waals surface area contributed by atoms with Crippen molar-refractivity contribution < 1.29 is 4.74 Å². The van der Waals surface area contributed by atoms with Gasteiger partial charge in [0.25, 0.3) is 0 Å². The third-order valence-electron chi connectivity index (χ3n) is 4.78. The number of rotatable bonds is 6. The van der Waals surface area contributed by atoms with E-state index in [-0.39, 0.29) is 0 Å². The molecule has 0 aromatic rings. The first-order chi connectivity index (χ1) is 9.42. The predicted molar refractivity (Wildman–Crippen MR) is 77.5 cm³/mol. The van der Waals surface area contributed by atoms with E-state index in [1.54, 1.807) is 0 Å². The molecule has 0 spiro atoms. The quantitative estimate of drug-likeness (QED) is 0.775. The second kappa shape index (κ2) is 7.02. The Morgan fingerprint density at radius 1 is 0.947 bits per heavy atom. The van der Waals surface area contributed by atoms with E-state index in [2.05, 4.69) is 15.1 Å². The minimum absolute atomic E-state index is 0.787. The molecule has 0 bridgehead atoms. The van der Waals surface area contributed by atoms with Crippen LogP contribution >= 0.6 is 0 Å². The van der Waals surface area contributed by atoms with Crippen molar-refractivity contribution in [3.05, 3.63) is 0 Å². The Hall–Kier alpha value is -0.160. The number of ether oxygens (including phenoxy) is 1. The molecule has 1 N–H and O–H groups in total. The van der Waals surface area contributed by atoms with Gasteiger partial charge in [0.15, 0.2) is 0 Å². The van der Waals surface area contributed by atoms with Gasteiger partial charge in [-0.3, -0.25) is 9.80 Å². The Bertz CT molecular complexity index is 264. The molecule has 1 unspecified atom stereocenters. The topological polar surface area (TPSA) is 27.7 Å². The Morgan fingerprint density at radius 3 is 2.58 bits per heavy atom. The van der Waals surface area contributed by atoms with Gasteiger partial charge in [-0.1, -0.05) is 6.42 Å². The lowest BCUT2D eigenvalue weighted by atomic mass is 10.0. The lowest BCUT2D eigenvalue weighted by Crippen LogP contribution is -2.49. The summed E-state index contributed by atoms with van der Waals surface area (Å²) in [5.74, 6) is 0. The SMILES string of the molecule is C1CCN(CCN2CCOCC2)C(CNC2CC2)C1. The molecule has 19 heavy (non-hydrogen) atoms. The van der Waals surface area contributed by atoms with Crippen molar-refractivity contribution in [1.29, 1.82) is 0 Å². The van der Waals surface area contributed by atoms with Gasteiger partial charge >= 0.3 is 0 Å². The van der Waals surface area contributed by atoms with Crippen LogP contribution in [-0.4, -0.2) is 74.4 Å². The van der Waals surface area contributed by atoms with Crippen molar-refractivity contribution in [2.24, 2.45) is 0 Å². The van der Waals surface area contributed by atoms with Crippen LogP contribution in [0, 0.1) is 0 Å². The van der Waals surface area contributed by atoms with Crippen molar-refractivity contribution in [2.75, 3.05) is 52.5 Å². The smallest absolute Gasteiger partial charge is 0.0594 e. The Kier molecular flexibility index (Phi) is 5.10. The summed E-state index contributed by atoms with van der Waals surface area (Å²) in [4.78, 5) is 5.29. The highest BCUT2D eigenvalue weighted by Gasteiger charge is 2.26. The van der Waals surface area contributed by atoms with E-state index >= 15 is 0 Å². The normalized spacial score (nSPS) is 30.6. The highest BCUT2D eigenvalue weighted by molar-refractivity contribution is 4.86. The lowest BCUT2D eigenvalue weighted by Gasteiger charge is -2.38. The third kappa shape index (κ3) is 4.42. The molecule has 1 aliphatic carbocycles. The van der Waals surface area contributed by atoms with Crippen molar-refractivity contribution >= 4 is 0 Å². The minimum atomic E-state index is 0.787. The monoisotopic (exact) mass is 267 g/mol. The zero-order chi connectivity index (χ0) is 12.9. The van der Waals surface area contributed by atoms with Gasteiger partial charge in [-0.15, -0.1) is 0 Å². The summed E-state index contributed by atoms with van der Waals surface area (Å²) in [6.07, 6.45) is 7.01. The molecule has 2 saturated heterocycles. The number of nitrogens with one attached hydrogen (secondary N) is 1. The second-order valence-corrected chi connectivity index (χ2v) is 6.32. The summed E-state index contributed by atoms with van der Waals surface area (Å²) in [6.45, 7) is 9.09. The fraction of sp³-hybridized carbons (Fsp3) is 1.00. The van der Waals surface area contributed by atoms with Crippen LogP contribution in [-0.2, 0) is 4.74 Å². The van der Waals surface area contributed by atoms with Crippen molar-refractivity contribution in [3.63, 3.8) is 0 Å². The van der Waals surface area contributed by atoms with Crippen LogP contribution in [0.1, 0.15) is 32.1 Å². The van der Waals surface area contributed by atoms with E-state index in [4.69, 9.17) is 4.74 Å². The largest absolute Gasteiger partial charge is 0.379 e.